The van der Waals surface area contributed by atoms with Crippen LogP contribution in [0.3, 0.4) is 0 Å². The standard InChI is InChI=1S/C23H32BrNO2/c1-23(24)15-13-19-20(14-16-23)22(27)25(21(19)26)17-9-12-18-10-7-5-3-2-4-6-8-11-18/h13-16,18H,2-12,17H2,1H3. The Morgan fingerprint density at radius 2 is 1.41 bits per heavy atom. The van der Waals surface area contributed by atoms with Crippen LogP contribution in [0.25, 0.3) is 0 Å². The van der Waals surface area contributed by atoms with Crippen molar-refractivity contribution in [3.63, 3.8) is 0 Å². The van der Waals surface area contributed by atoms with Crippen molar-refractivity contribution in [2.24, 2.45) is 5.92 Å². The molecular weight excluding hydrogens is 402 g/mol. The van der Waals surface area contributed by atoms with Crippen LogP contribution >= 0.6 is 15.9 Å². The molecule has 2 aliphatic carbocycles. The molecule has 27 heavy (non-hydrogen) atoms. The summed E-state index contributed by atoms with van der Waals surface area (Å²) in [5.41, 5.74) is 1.08. The molecule has 0 spiro atoms. The highest BCUT2D eigenvalue weighted by molar-refractivity contribution is 9.10. The smallest absolute Gasteiger partial charge is 0.261 e. The van der Waals surface area contributed by atoms with Gasteiger partial charge in [-0.05, 0) is 25.7 Å². The minimum atomic E-state index is -0.307. The van der Waals surface area contributed by atoms with Crippen molar-refractivity contribution < 1.29 is 9.59 Å². The van der Waals surface area contributed by atoms with Crippen molar-refractivity contribution in [1.29, 1.82) is 0 Å². The van der Waals surface area contributed by atoms with E-state index in [0.29, 0.717) is 17.7 Å². The minimum Gasteiger partial charge on any atom is -0.274 e. The van der Waals surface area contributed by atoms with Gasteiger partial charge in [-0.1, -0.05) is 98.0 Å². The first-order valence-corrected chi connectivity index (χ1v) is 11.4. The summed E-state index contributed by atoms with van der Waals surface area (Å²) in [6.07, 6.45) is 21.7. The van der Waals surface area contributed by atoms with E-state index < -0.39 is 0 Å². The molecule has 1 heterocycles. The molecule has 3 nitrogen and oxygen atoms in total. The molecule has 3 aliphatic rings. The van der Waals surface area contributed by atoms with Crippen LogP contribution in [0.5, 0.6) is 0 Å². The van der Waals surface area contributed by atoms with E-state index in [1.807, 2.05) is 19.1 Å². The van der Waals surface area contributed by atoms with Gasteiger partial charge in [0.25, 0.3) is 11.8 Å². The maximum absolute atomic E-state index is 12.7. The van der Waals surface area contributed by atoms with Gasteiger partial charge in [-0.15, -0.1) is 0 Å². The van der Waals surface area contributed by atoms with E-state index in [-0.39, 0.29) is 16.1 Å². The Kier molecular flexibility index (Phi) is 7.13. The lowest BCUT2D eigenvalue weighted by molar-refractivity contribution is -0.137. The number of halogens is 1. The summed E-state index contributed by atoms with van der Waals surface area (Å²) >= 11 is 3.58. The zero-order valence-electron chi connectivity index (χ0n) is 16.5. The van der Waals surface area contributed by atoms with E-state index in [9.17, 15) is 9.59 Å². The molecule has 1 aliphatic heterocycles. The van der Waals surface area contributed by atoms with E-state index in [1.54, 1.807) is 12.2 Å². The number of hydrogen-bond acceptors (Lipinski definition) is 2. The van der Waals surface area contributed by atoms with Gasteiger partial charge in [0.2, 0.25) is 0 Å². The van der Waals surface area contributed by atoms with Crippen LogP contribution < -0.4 is 0 Å². The van der Waals surface area contributed by atoms with Crippen molar-refractivity contribution in [3.05, 3.63) is 35.5 Å². The van der Waals surface area contributed by atoms with Gasteiger partial charge in [0.15, 0.2) is 0 Å². The van der Waals surface area contributed by atoms with Gasteiger partial charge in [-0.25, -0.2) is 0 Å². The monoisotopic (exact) mass is 433 g/mol. The molecule has 148 valence electrons. The Bertz CT molecular complexity index is 611. The summed E-state index contributed by atoms with van der Waals surface area (Å²) in [6, 6.07) is 0. The third-order valence-electron chi connectivity index (χ3n) is 6.11. The van der Waals surface area contributed by atoms with Gasteiger partial charge >= 0.3 is 0 Å². The Balaban J connectivity index is 1.52. The average Bonchev–Trinajstić information content (AvgIpc) is 2.77. The molecule has 1 saturated carbocycles. The van der Waals surface area contributed by atoms with Gasteiger partial charge in [0.05, 0.1) is 15.5 Å². The van der Waals surface area contributed by atoms with Crippen molar-refractivity contribution in [2.75, 3.05) is 6.54 Å². The summed E-state index contributed by atoms with van der Waals surface area (Å²) in [6.45, 7) is 2.54. The fourth-order valence-corrected chi connectivity index (χ4v) is 4.67. The maximum atomic E-state index is 12.7. The van der Waals surface area contributed by atoms with E-state index in [1.165, 1.54) is 62.7 Å². The number of carbonyl (C=O) groups excluding carboxylic acids is 2. The Morgan fingerprint density at radius 3 is 1.93 bits per heavy atom. The fourth-order valence-electron chi connectivity index (χ4n) is 4.41. The lowest BCUT2D eigenvalue weighted by Crippen LogP contribution is -2.33. The van der Waals surface area contributed by atoms with Crippen LogP contribution in [0.2, 0.25) is 0 Å². The van der Waals surface area contributed by atoms with Gasteiger partial charge in [-0.2, -0.15) is 0 Å². The van der Waals surface area contributed by atoms with E-state index in [2.05, 4.69) is 15.9 Å². The van der Waals surface area contributed by atoms with Crippen LogP contribution in [0.1, 0.15) is 77.6 Å². The van der Waals surface area contributed by atoms with Crippen LogP contribution in [0.4, 0.5) is 0 Å². The highest BCUT2D eigenvalue weighted by Gasteiger charge is 2.36. The molecule has 0 aromatic heterocycles. The number of amides is 2. The summed E-state index contributed by atoms with van der Waals surface area (Å²) < 4.78 is -0.307. The van der Waals surface area contributed by atoms with E-state index >= 15 is 0 Å². The molecule has 0 saturated heterocycles. The summed E-state index contributed by atoms with van der Waals surface area (Å²) in [5, 5.41) is 0. The highest BCUT2D eigenvalue weighted by atomic mass is 79.9. The molecule has 0 N–H and O–H groups in total. The van der Waals surface area contributed by atoms with Crippen LogP contribution in [0, 0.1) is 5.92 Å². The number of rotatable bonds is 4. The van der Waals surface area contributed by atoms with Gasteiger partial charge in [0, 0.05) is 6.54 Å². The molecule has 0 atom stereocenters. The van der Waals surface area contributed by atoms with Crippen LogP contribution in [-0.2, 0) is 9.59 Å². The lowest BCUT2D eigenvalue weighted by Gasteiger charge is -2.20. The summed E-state index contributed by atoms with van der Waals surface area (Å²) in [4.78, 5) is 26.9. The summed E-state index contributed by atoms with van der Waals surface area (Å²) in [5.74, 6) is 0.495. The van der Waals surface area contributed by atoms with Crippen LogP contribution in [0.15, 0.2) is 35.5 Å². The third kappa shape index (κ3) is 5.43. The number of imide groups is 1. The van der Waals surface area contributed by atoms with Crippen molar-refractivity contribution in [1.82, 2.24) is 4.90 Å². The quantitative estimate of drug-likeness (QED) is 0.411. The molecule has 0 bridgehead atoms. The molecule has 3 rings (SSSR count). The van der Waals surface area contributed by atoms with E-state index in [4.69, 9.17) is 0 Å². The molecule has 1 fully saturated rings. The summed E-state index contributed by atoms with van der Waals surface area (Å²) in [7, 11) is 0. The second-order valence-electron chi connectivity index (χ2n) is 8.47. The second kappa shape index (κ2) is 9.36. The van der Waals surface area contributed by atoms with E-state index in [0.717, 1.165) is 18.8 Å². The van der Waals surface area contributed by atoms with Crippen molar-refractivity contribution in [2.45, 2.75) is 81.9 Å². The predicted octanol–water partition coefficient (Wildman–Crippen LogP) is 5.85. The molecule has 0 unspecified atom stereocenters. The molecule has 0 radical (unpaired) electrons. The fraction of sp³-hybridized carbons (Fsp3) is 0.652. The van der Waals surface area contributed by atoms with Gasteiger partial charge in [0.1, 0.15) is 0 Å². The first-order valence-electron chi connectivity index (χ1n) is 10.7. The normalized spacial score (nSPS) is 24.3. The van der Waals surface area contributed by atoms with Gasteiger partial charge in [-0.3, -0.25) is 14.5 Å². The number of allylic oxidation sites excluding steroid dienone is 2. The van der Waals surface area contributed by atoms with Crippen LogP contribution in [-0.4, -0.2) is 27.6 Å². The minimum absolute atomic E-state index is 0.132. The predicted molar refractivity (Wildman–Crippen MR) is 114 cm³/mol. The Labute approximate surface area is 172 Å². The zero-order valence-corrected chi connectivity index (χ0v) is 18.1. The lowest BCUT2D eigenvalue weighted by atomic mass is 9.89. The Morgan fingerprint density at radius 1 is 0.926 bits per heavy atom. The average molecular weight is 434 g/mol. The number of carbonyl (C=O) groups is 2. The molecule has 4 heteroatoms. The number of alkyl halides is 1. The van der Waals surface area contributed by atoms with Crippen molar-refractivity contribution >= 4 is 27.7 Å². The first kappa shape index (κ1) is 20.6. The topological polar surface area (TPSA) is 37.4 Å². The van der Waals surface area contributed by atoms with Crippen molar-refractivity contribution in [3.8, 4) is 0 Å². The molecular formula is C23H32BrNO2. The Hall–Kier alpha value is -1.16. The number of hydrogen-bond donors (Lipinski definition) is 0. The highest BCUT2D eigenvalue weighted by Crippen LogP contribution is 2.32. The molecule has 0 aromatic rings. The molecule has 2 amide bonds. The zero-order chi connectivity index (χ0) is 19.3. The largest absolute Gasteiger partial charge is 0.274 e. The number of nitrogens with zero attached hydrogens (tertiary/aromatic N) is 1. The van der Waals surface area contributed by atoms with Gasteiger partial charge < -0.3 is 0 Å². The molecule has 0 aromatic carbocycles. The second-order valence-corrected chi connectivity index (χ2v) is 10.2. The maximum Gasteiger partial charge on any atom is 0.261 e. The first-order chi connectivity index (χ1) is 13.0. The SMILES string of the molecule is CC1(Br)C=CC2=C(C=C1)C(=O)N(CCCC1CCCCCCCCC1)C2=O. The third-order valence-corrected chi connectivity index (χ3v) is 6.64.